The Morgan fingerprint density at radius 2 is 2.03 bits per heavy atom. The molecule has 2 aromatic heterocycles. The van der Waals surface area contributed by atoms with Gasteiger partial charge in [0, 0.05) is 24.0 Å². The molecule has 0 saturated carbocycles. The Bertz CT molecular complexity index is 1520. The Kier molecular flexibility index (Phi) is 5.88. The van der Waals surface area contributed by atoms with Crippen LogP contribution in [0.5, 0.6) is 5.75 Å². The molecule has 33 heavy (non-hydrogen) atoms. The third kappa shape index (κ3) is 4.88. The van der Waals surface area contributed by atoms with Gasteiger partial charge in [-0.3, -0.25) is 10.2 Å². The van der Waals surface area contributed by atoms with Crippen molar-refractivity contribution in [1.29, 1.82) is 0 Å². The number of nitrogens with two attached hydrogens (primary N) is 1. The summed E-state index contributed by atoms with van der Waals surface area (Å²) in [7, 11) is -1.73. The summed E-state index contributed by atoms with van der Waals surface area (Å²) in [6.07, 6.45) is 4.57. The topological polar surface area (TPSA) is 144 Å². The van der Waals surface area contributed by atoms with E-state index in [1.165, 1.54) is 13.4 Å². The van der Waals surface area contributed by atoms with Crippen molar-refractivity contribution >= 4 is 38.2 Å². The number of amides is 1. The number of methoxy groups -OCH3 is 1. The van der Waals surface area contributed by atoms with E-state index in [0.29, 0.717) is 33.9 Å². The van der Waals surface area contributed by atoms with Gasteiger partial charge in [0.2, 0.25) is 0 Å². The average molecular weight is 467 g/mol. The number of anilines is 1. The maximum Gasteiger partial charge on any atom is 0.251 e. The number of fused-ring (bicyclic) bond motifs is 1. The largest absolute Gasteiger partial charge is 0.494 e. The minimum atomic E-state index is -3.23. The second-order valence-electron chi connectivity index (χ2n) is 7.38. The predicted octanol–water partition coefficient (Wildman–Crippen LogP) is 2.12. The molecule has 4 aromatic rings. The Morgan fingerprint density at radius 1 is 1.24 bits per heavy atom. The lowest BCUT2D eigenvalue weighted by molar-refractivity contribution is 0.100. The van der Waals surface area contributed by atoms with Crippen LogP contribution in [0.15, 0.2) is 65.9 Å². The van der Waals surface area contributed by atoms with Crippen molar-refractivity contribution < 1.29 is 17.9 Å². The molecule has 0 unspecified atom stereocenters. The minimum absolute atomic E-state index is 0.132. The standard InChI is InChI=1S/C22H22N6O4S/c1-32-19-8-7-14(13-33(2,30)31)11-18(19)26-22-25-12-15-9-10-24-21(15)28(22)27-17-6-4-3-5-16(17)20(23)29/h3-12,24,27H,13H2,1-2H3,(H2,23,29). The van der Waals surface area contributed by atoms with Gasteiger partial charge in [-0.15, -0.1) is 0 Å². The smallest absolute Gasteiger partial charge is 0.251 e. The highest BCUT2D eigenvalue weighted by molar-refractivity contribution is 7.89. The van der Waals surface area contributed by atoms with Gasteiger partial charge < -0.3 is 15.5 Å². The molecule has 0 fully saturated rings. The van der Waals surface area contributed by atoms with Crippen LogP contribution >= 0.6 is 0 Å². The van der Waals surface area contributed by atoms with E-state index >= 15 is 0 Å². The van der Waals surface area contributed by atoms with Crippen LogP contribution in [-0.2, 0) is 15.6 Å². The summed E-state index contributed by atoms with van der Waals surface area (Å²) in [5.74, 6) is -0.268. The molecule has 4 rings (SSSR count). The Balaban J connectivity index is 1.91. The van der Waals surface area contributed by atoms with Gasteiger partial charge in [0.05, 0.1) is 24.1 Å². The van der Waals surface area contributed by atoms with E-state index in [9.17, 15) is 13.2 Å². The zero-order chi connectivity index (χ0) is 23.6. The number of hydrogen-bond donors (Lipinski definition) is 3. The van der Waals surface area contributed by atoms with Gasteiger partial charge in [-0.2, -0.15) is 0 Å². The molecule has 0 radical (unpaired) electrons. The van der Waals surface area contributed by atoms with Crippen LogP contribution in [0.1, 0.15) is 15.9 Å². The fourth-order valence-electron chi connectivity index (χ4n) is 3.38. The van der Waals surface area contributed by atoms with Gasteiger partial charge in [-0.05, 0) is 35.9 Å². The van der Waals surface area contributed by atoms with Crippen molar-refractivity contribution in [2.75, 3.05) is 18.8 Å². The van der Waals surface area contributed by atoms with Gasteiger partial charge in [0.15, 0.2) is 9.84 Å². The quantitative estimate of drug-likeness (QED) is 0.380. The first kappa shape index (κ1) is 22.1. The summed E-state index contributed by atoms with van der Waals surface area (Å²) < 4.78 is 30.5. The molecule has 0 aliphatic rings. The predicted molar refractivity (Wildman–Crippen MR) is 125 cm³/mol. The van der Waals surface area contributed by atoms with E-state index in [2.05, 4.69) is 20.4 Å². The van der Waals surface area contributed by atoms with E-state index in [4.69, 9.17) is 10.5 Å². The number of carbonyl (C=O) groups is 1. The summed E-state index contributed by atoms with van der Waals surface area (Å²) in [5, 5.41) is 0.802. The molecule has 11 heteroatoms. The highest BCUT2D eigenvalue weighted by Crippen LogP contribution is 2.28. The monoisotopic (exact) mass is 466 g/mol. The summed E-state index contributed by atoms with van der Waals surface area (Å²) in [4.78, 5) is 24.1. The van der Waals surface area contributed by atoms with E-state index < -0.39 is 15.7 Å². The molecule has 10 nitrogen and oxygen atoms in total. The summed E-state index contributed by atoms with van der Waals surface area (Å²) in [6, 6.07) is 13.6. The highest BCUT2D eigenvalue weighted by Gasteiger charge is 2.12. The maximum atomic E-state index is 11.9. The number of primary amides is 1. The molecule has 0 atom stereocenters. The van der Waals surface area contributed by atoms with Crippen LogP contribution in [0.25, 0.3) is 11.0 Å². The number of hydrogen-bond acceptors (Lipinski definition) is 7. The number of H-pyrrole nitrogens is 1. The SMILES string of the molecule is COc1ccc(CS(C)(=O)=O)cc1N=c1ncc2cc[nH]c2n1Nc1ccccc1C(N)=O. The Hall–Kier alpha value is -4.12. The van der Waals surface area contributed by atoms with Crippen LogP contribution in [-0.4, -0.2) is 42.3 Å². The number of benzene rings is 2. The lowest BCUT2D eigenvalue weighted by atomic mass is 10.2. The van der Waals surface area contributed by atoms with Crippen molar-refractivity contribution in [3.63, 3.8) is 0 Å². The number of nitrogens with one attached hydrogen (secondary N) is 2. The second-order valence-corrected chi connectivity index (χ2v) is 9.53. The number of aromatic amines is 1. The van der Waals surface area contributed by atoms with Crippen LogP contribution in [0, 0.1) is 0 Å². The summed E-state index contributed by atoms with van der Waals surface area (Å²) in [6.45, 7) is 0. The van der Waals surface area contributed by atoms with Crippen molar-refractivity contribution in [3.8, 4) is 5.75 Å². The normalized spacial score (nSPS) is 12.1. The van der Waals surface area contributed by atoms with Gasteiger partial charge in [0.1, 0.15) is 17.1 Å². The molecule has 4 N–H and O–H groups in total. The molecule has 0 spiro atoms. The lowest BCUT2D eigenvalue weighted by Gasteiger charge is -2.14. The average Bonchev–Trinajstić information content (AvgIpc) is 3.24. The van der Waals surface area contributed by atoms with Gasteiger partial charge in [-0.1, -0.05) is 18.2 Å². The third-order valence-corrected chi connectivity index (χ3v) is 5.67. The molecule has 0 aliphatic carbocycles. The zero-order valence-corrected chi connectivity index (χ0v) is 18.8. The first-order valence-electron chi connectivity index (χ1n) is 9.85. The molecule has 0 aliphatic heterocycles. The second kappa shape index (κ2) is 8.79. The molecular weight excluding hydrogens is 444 g/mol. The highest BCUT2D eigenvalue weighted by atomic mass is 32.2. The van der Waals surface area contributed by atoms with E-state index in [1.54, 1.807) is 59.5 Å². The summed E-state index contributed by atoms with van der Waals surface area (Å²) in [5.41, 5.74) is 11.3. The number of ether oxygens (including phenoxy) is 1. The Labute approximate surface area is 189 Å². The maximum absolute atomic E-state index is 11.9. The molecule has 2 aromatic carbocycles. The molecule has 170 valence electrons. The molecule has 1 amide bonds. The van der Waals surface area contributed by atoms with Crippen LogP contribution in [0.4, 0.5) is 11.4 Å². The first-order chi connectivity index (χ1) is 15.7. The van der Waals surface area contributed by atoms with Crippen LogP contribution < -0.4 is 21.5 Å². The van der Waals surface area contributed by atoms with Gasteiger partial charge in [-0.25, -0.2) is 23.1 Å². The van der Waals surface area contributed by atoms with Gasteiger partial charge >= 0.3 is 0 Å². The molecular formula is C22H22N6O4S. The van der Waals surface area contributed by atoms with Crippen molar-refractivity contribution in [2.45, 2.75) is 5.75 Å². The van der Waals surface area contributed by atoms with Crippen molar-refractivity contribution in [2.24, 2.45) is 10.7 Å². The molecule has 2 heterocycles. The number of nitrogens with zero attached hydrogens (tertiary/aromatic N) is 3. The number of aromatic nitrogens is 3. The van der Waals surface area contributed by atoms with E-state index in [0.717, 1.165) is 5.39 Å². The minimum Gasteiger partial charge on any atom is -0.494 e. The van der Waals surface area contributed by atoms with Crippen LogP contribution in [0.3, 0.4) is 0 Å². The Morgan fingerprint density at radius 3 is 2.76 bits per heavy atom. The number of para-hydroxylation sites is 1. The third-order valence-electron chi connectivity index (χ3n) is 4.82. The van der Waals surface area contributed by atoms with Crippen molar-refractivity contribution in [1.82, 2.24) is 14.6 Å². The molecule has 0 bridgehead atoms. The zero-order valence-electron chi connectivity index (χ0n) is 17.9. The van der Waals surface area contributed by atoms with Gasteiger partial charge in [0.25, 0.3) is 11.5 Å². The van der Waals surface area contributed by atoms with E-state index in [1.807, 2.05) is 6.07 Å². The number of carbonyl (C=O) groups excluding carboxylic acids is 1. The fraction of sp³-hybridized carbons (Fsp3) is 0.136. The lowest BCUT2D eigenvalue weighted by Crippen LogP contribution is -2.31. The molecule has 0 saturated heterocycles. The first-order valence-corrected chi connectivity index (χ1v) is 11.9. The summed E-state index contributed by atoms with van der Waals surface area (Å²) >= 11 is 0. The van der Waals surface area contributed by atoms with Crippen molar-refractivity contribution in [3.05, 3.63) is 77.7 Å². The number of sulfone groups is 1. The van der Waals surface area contributed by atoms with E-state index in [-0.39, 0.29) is 11.4 Å². The fourth-order valence-corrected chi connectivity index (χ4v) is 4.16. The number of rotatable bonds is 7. The van der Waals surface area contributed by atoms with Crippen LogP contribution in [0.2, 0.25) is 0 Å².